The summed E-state index contributed by atoms with van der Waals surface area (Å²) in [5.41, 5.74) is 5.42. The van der Waals surface area contributed by atoms with E-state index in [1.807, 2.05) is 0 Å². The standard InChI is InChI=1S/C7H16N2O/c1-7-6-9(3-2-8)4-5-10-7/h7H,2-6,8H2,1H3. The Morgan fingerprint density at radius 3 is 3.10 bits per heavy atom. The van der Waals surface area contributed by atoms with E-state index in [-0.39, 0.29) is 0 Å². The number of hydrogen-bond acceptors (Lipinski definition) is 3. The predicted octanol–water partition coefficient (Wildman–Crippen LogP) is -0.334. The molecule has 0 aromatic heterocycles. The van der Waals surface area contributed by atoms with E-state index in [0.29, 0.717) is 6.10 Å². The average Bonchev–Trinajstić information content (AvgIpc) is 1.88. The lowest BCUT2D eigenvalue weighted by Crippen LogP contribution is -2.43. The van der Waals surface area contributed by atoms with Gasteiger partial charge >= 0.3 is 0 Å². The van der Waals surface area contributed by atoms with Crippen molar-refractivity contribution in [1.82, 2.24) is 4.90 Å². The molecule has 1 aliphatic heterocycles. The van der Waals surface area contributed by atoms with Crippen LogP contribution in [0.25, 0.3) is 0 Å². The Morgan fingerprint density at radius 2 is 2.50 bits per heavy atom. The van der Waals surface area contributed by atoms with Crippen LogP contribution >= 0.6 is 0 Å². The normalized spacial score (nSPS) is 28.8. The average molecular weight is 144 g/mol. The van der Waals surface area contributed by atoms with Crippen LogP contribution in [0.3, 0.4) is 0 Å². The summed E-state index contributed by atoms with van der Waals surface area (Å²) in [7, 11) is 0. The minimum atomic E-state index is 0.389. The van der Waals surface area contributed by atoms with Gasteiger partial charge < -0.3 is 10.5 Å². The molecule has 60 valence electrons. The van der Waals surface area contributed by atoms with Crippen molar-refractivity contribution in [2.45, 2.75) is 13.0 Å². The second kappa shape index (κ2) is 3.91. The summed E-state index contributed by atoms with van der Waals surface area (Å²) in [5.74, 6) is 0. The molecule has 3 heteroatoms. The zero-order valence-corrected chi connectivity index (χ0v) is 6.55. The van der Waals surface area contributed by atoms with E-state index >= 15 is 0 Å². The molecule has 1 aliphatic rings. The largest absolute Gasteiger partial charge is 0.376 e. The van der Waals surface area contributed by atoms with Gasteiger partial charge in [0, 0.05) is 26.2 Å². The molecule has 10 heavy (non-hydrogen) atoms. The zero-order valence-electron chi connectivity index (χ0n) is 6.55. The number of rotatable bonds is 2. The maximum Gasteiger partial charge on any atom is 0.0674 e. The van der Waals surface area contributed by atoms with Crippen LogP contribution in [0, 0.1) is 0 Å². The van der Waals surface area contributed by atoms with Crippen LogP contribution in [0.15, 0.2) is 0 Å². The molecule has 0 amide bonds. The Labute approximate surface area is 62.1 Å². The third kappa shape index (κ3) is 2.25. The van der Waals surface area contributed by atoms with Crippen molar-refractivity contribution >= 4 is 0 Å². The number of nitrogens with two attached hydrogens (primary N) is 1. The van der Waals surface area contributed by atoms with Gasteiger partial charge in [-0.2, -0.15) is 0 Å². The summed E-state index contributed by atoms with van der Waals surface area (Å²) in [4.78, 5) is 2.34. The van der Waals surface area contributed by atoms with Gasteiger partial charge in [0.05, 0.1) is 12.7 Å². The highest BCUT2D eigenvalue weighted by molar-refractivity contribution is 4.67. The topological polar surface area (TPSA) is 38.5 Å². The molecule has 0 aliphatic carbocycles. The molecule has 0 saturated carbocycles. The lowest BCUT2D eigenvalue weighted by Gasteiger charge is -2.30. The van der Waals surface area contributed by atoms with Crippen LogP contribution < -0.4 is 5.73 Å². The number of hydrogen-bond donors (Lipinski definition) is 1. The Kier molecular flexibility index (Phi) is 3.12. The smallest absolute Gasteiger partial charge is 0.0674 e. The van der Waals surface area contributed by atoms with Crippen LogP contribution in [-0.4, -0.2) is 43.8 Å². The predicted molar refractivity (Wildman–Crippen MR) is 40.9 cm³/mol. The summed E-state index contributed by atoms with van der Waals surface area (Å²) in [6.07, 6.45) is 0.389. The number of morpholine rings is 1. The highest BCUT2D eigenvalue weighted by Crippen LogP contribution is 2.02. The van der Waals surface area contributed by atoms with E-state index in [1.54, 1.807) is 0 Å². The van der Waals surface area contributed by atoms with Gasteiger partial charge in [0.25, 0.3) is 0 Å². The van der Waals surface area contributed by atoms with Crippen molar-refractivity contribution in [3.63, 3.8) is 0 Å². The van der Waals surface area contributed by atoms with Crippen LogP contribution in [0.4, 0.5) is 0 Å². The molecule has 0 aromatic rings. The van der Waals surface area contributed by atoms with Crippen molar-refractivity contribution in [1.29, 1.82) is 0 Å². The second-order valence-corrected chi connectivity index (χ2v) is 2.77. The summed E-state index contributed by atoms with van der Waals surface area (Å²) >= 11 is 0. The molecule has 1 saturated heterocycles. The van der Waals surface area contributed by atoms with Crippen molar-refractivity contribution in [2.75, 3.05) is 32.8 Å². The first-order valence-corrected chi connectivity index (χ1v) is 3.87. The van der Waals surface area contributed by atoms with Gasteiger partial charge in [-0.1, -0.05) is 0 Å². The van der Waals surface area contributed by atoms with Gasteiger partial charge in [-0.05, 0) is 6.92 Å². The Hall–Kier alpha value is -0.120. The van der Waals surface area contributed by atoms with Crippen molar-refractivity contribution in [3.05, 3.63) is 0 Å². The first-order valence-electron chi connectivity index (χ1n) is 3.87. The number of nitrogens with zero attached hydrogens (tertiary/aromatic N) is 1. The minimum Gasteiger partial charge on any atom is -0.376 e. The molecule has 0 aromatic carbocycles. The molecule has 0 spiro atoms. The molecule has 1 rings (SSSR count). The van der Waals surface area contributed by atoms with Gasteiger partial charge in [0.1, 0.15) is 0 Å². The van der Waals surface area contributed by atoms with Gasteiger partial charge in [0.15, 0.2) is 0 Å². The highest BCUT2D eigenvalue weighted by atomic mass is 16.5. The van der Waals surface area contributed by atoms with E-state index in [2.05, 4.69) is 11.8 Å². The lowest BCUT2D eigenvalue weighted by atomic mass is 10.3. The van der Waals surface area contributed by atoms with E-state index in [9.17, 15) is 0 Å². The second-order valence-electron chi connectivity index (χ2n) is 2.77. The molecule has 0 radical (unpaired) electrons. The minimum absolute atomic E-state index is 0.389. The monoisotopic (exact) mass is 144 g/mol. The SMILES string of the molecule is CC1CN(CCN)CCO1. The highest BCUT2D eigenvalue weighted by Gasteiger charge is 2.14. The molecule has 1 heterocycles. The van der Waals surface area contributed by atoms with E-state index in [0.717, 1.165) is 32.8 Å². The fourth-order valence-electron chi connectivity index (χ4n) is 1.28. The van der Waals surface area contributed by atoms with Crippen molar-refractivity contribution < 1.29 is 4.74 Å². The maximum atomic E-state index is 5.42. The molecule has 2 N–H and O–H groups in total. The van der Waals surface area contributed by atoms with E-state index in [4.69, 9.17) is 10.5 Å². The van der Waals surface area contributed by atoms with Crippen LogP contribution in [0.5, 0.6) is 0 Å². The van der Waals surface area contributed by atoms with Crippen molar-refractivity contribution in [3.8, 4) is 0 Å². The van der Waals surface area contributed by atoms with Gasteiger partial charge in [0.2, 0.25) is 0 Å². The van der Waals surface area contributed by atoms with Gasteiger partial charge in [-0.15, -0.1) is 0 Å². The van der Waals surface area contributed by atoms with Crippen LogP contribution in [0.2, 0.25) is 0 Å². The zero-order chi connectivity index (χ0) is 7.40. The number of ether oxygens (including phenoxy) is 1. The molecule has 0 bridgehead atoms. The lowest BCUT2D eigenvalue weighted by molar-refractivity contribution is -0.0170. The summed E-state index contributed by atoms with van der Waals surface area (Å²) in [5, 5.41) is 0. The van der Waals surface area contributed by atoms with Gasteiger partial charge in [-0.3, -0.25) is 4.90 Å². The molecule has 1 fully saturated rings. The van der Waals surface area contributed by atoms with Gasteiger partial charge in [-0.25, -0.2) is 0 Å². The molecular weight excluding hydrogens is 128 g/mol. The quantitative estimate of drug-likeness (QED) is 0.576. The van der Waals surface area contributed by atoms with E-state index < -0.39 is 0 Å². The van der Waals surface area contributed by atoms with Crippen molar-refractivity contribution in [2.24, 2.45) is 5.73 Å². The molecule has 1 unspecified atom stereocenters. The molecule has 1 atom stereocenters. The first kappa shape index (κ1) is 7.98. The third-order valence-electron chi connectivity index (χ3n) is 1.77. The Balaban J connectivity index is 2.18. The van der Waals surface area contributed by atoms with Crippen LogP contribution in [-0.2, 0) is 4.74 Å². The Morgan fingerprint density at radius 1 is 1.70 bits per heavy atom. The fraction of sp³-hybridized carbons (Fsp3) is 1.00. The summed E-state index contributed by atoms with van der Waals surface area (Å²) in [6.45, 7) is 6.81. The van der Waals surface area contributed by atoms with E-state index in [1.165, 1.54) is 0 Å². The Bertz CT molecular complexity index is 95.6. The third-order valence-corrected chi connectivity index (χ3v) is 1.77. The summed E-state index contributed by atoms with van der Waals surface area (Å²) < 4.78 is 5.37. The first-order chi connectivity index (χ1) is 4.83. The summed E-state index contributed by atoms with van der Waals surface area (Å²) in [6, 6.07) is 0. The fourth-order valence-corrected chi connectivity index (χ4v) is 1.28. The maximum absolute atomic E-state index is 5.42. The molecular formula is C7H16N2O. The van der Waals surface area contributed by atoms with Crippen LogP contribution in [0.1, 0.15) is 6.92 Å². The molecule has 3 nitrogen and oxygen atoms in total.